The third-order valence-corrected chi connectivity index (χ3v) is 6.04. The lowest BCUT2D eigenvalue weighted by molar-refractivity contribution is -0.134. The minimum absolute atomic E-state index is 0.0454. The number of nitrogens with zero attached hydrogens (tertiary/aromatic N) is 3. The molecule has 0 aromatic carbocycles. The van der Waals surface area contributed by atoms with E-state index in [0.29, 0.717) is 38.5 Å². The van der Waals surface area contributed by atoms with E-state index in [0.717, 1.165) is 42.5 Å². The monoisotopic (exact) mass is 382 g/mol. The Morgan fingerprint density at radius 1 is 1.32 bits per heavy atom. The molecule has 7 heteroatoms. The molecule has 0 radical (unpaired) electrons. The fourth-order valence-corrected chi connectivity index (χ4v) is 4.42. The fraction of sp³-hybridized carbons (Fsp3) is 0.524. The Morgan fingerprint density at radius 3 is 2.86 bits per heavy atom. The first-order chi connectivity index (χ1) is 13.6. The maximum Gasteiger partial charge on any atom is 0.254 e. The average molecular weight is 382 g/mol. The van der Waals surface area contributed by atoms with Crippen molar-refractivity contribution >= 4 is 5.91 Å². The van der Waals surface area contributed by atoms with Crippen molar-refractivity contribution in [1.82, 2.24) is 19.9 Å². The first kappa shape index (κ1) is 18.8. The number of amides is 1. The molecule has 3 heterocycles. The molecule has 1 spiro atoms. The highest BCUT2D eigenvalue weighted by Crippen LogP contribution is 2.44. The van der Waals surface area contributed by atoms with E-state index in [2.05, 4.69) is 9.97 Å². The zero-order valence-electron chi connectivity index (χ0n) is 16.2. The molecule has 2 aliphatic rings. The Balaban J connectivity index is 1.54. The summed E-state index contributed by atoms with van der Waals surface area (Å²) >= 11 is 0. The fourth-order valence-electron chi connectivity index (χ4n) is 4.42. The van der Waals surface area contributed by atoms with Crippen molar-refractivity contribution in [2.24, 2.45) is 0 Å². The molecule has 28 heavy (non-hydrogen) atoms. The summed E-state index contributed by atoms with van der Waals surface area (Å²) in [7, 11) is 0. The number of nitrogens with one attached hydrogen (secondary N) is 1. The zero-order valence-corrected chi connectivity index (χ0v) is 16.2. The molecule has 0 unspecified atom stereocenters. The minimum Gasteiger partial charge on any atom is -0.381 e. The van der Waals surface area contributed by atoms with Crippen molar-refractivity contribution in [3.05, 3.63) is 46.1 Å². The maximum absolute atomic E-state index is 12.7. The van der Waals surface area contributed by atoms with Crippen LogP contribution in [-0.2, 0) is 21.4 Å². The number of H-pyrrole nitrogens is 1. The number of fused-ring (bicyclic) bond motifs is 2. The number of pyridine rings is 1. The van der Waals surface area contributed by atoms with Crippen LogP contribution in [-0.4, -0.2) is 52.1 Å². The second kappa shape index (κ2) is 7.83. The molecule has 1 amide bonds. The molecule has 4 rings (SSSR count). The Bertz CT molecular complexity index is 902. The molecule has 1 fully saturated rings. The van der Waals surface area contributed by atoms with E-state index in [4.69, 9.17) is 9.72 Å². The summed E-state index contributed by atoms with van der Waals surface area (Å²) in [5, 5.41) is 0. The molecule has 1 aliphatic heterocycles. The lowest BCUT2D eigenvalue weighted by atomic mass is 9.76. The minimum atomic E-state index is -0.0999. The zero-order chi connectivity index (χ0) is 19.6. The Labute approximate surface area is 164 Å². The van der Waals surface area contributed by atoms with Crippen LogP contribution in [0.5, 0.6) is 0 Å². The molecule has 1 N–H and O–H groups in total. The van der Waals surface area contributed by atoms with Gasteiger partial charge < -0.3 is 14.6 Å². The van der Waals surface area contributed by atoms with Gasteiger partial charge in [-0.1, -0.05) is 0 Å². The van der Waals surface area contributed by atoms with Gasteiger partial charge in [-0.25, -0.2) is 4.98 Å². The third-order valence-electron chi connectivity index (χ3n) is 6.04. The van der Waals surface area contributed by atoms with Crippen molar-refractivity contribution < 1.29 is 9.53 Å². The number of ether oxygens (including phenoxy) is 1. The molecule has 0 saturated carbocycles. The number of carbonyl (C=O) groups excluding carboxylic acids is 1. The van der Waals surface area contributed by atoms with Gasteiger partial charge in [0, 0.05) is 48.6 Å². The van der Waals surface area contributed by atoms with Crippen molar-refractivity contribution in [2.75, 3.05) is 26.3 Å². The van der Waals surface area contributed by atoms with Gasteiger partial charge in [-0.2, -0.15) is 0 Å². The van der Waals surface area contributed by atoms with Gasteiger partial charge >= 0.3 is 0 Å². The topological polar surface area (TPSA) is 88.2 Å². The number of aromatic amines is 1. The molecule has 148 valence electrons. The van der Waals surface area contributed by atoms with Gasteiger partial charge in [0.05, 0.1) is 18.7 Å². The number of hydrogen-bond acceptors (Lipinski definition) is 5. The number of carbonyl (C=O) groups is 1. The molecule has 1 aliphatic carbocycles. The largest absolute Gasteiger partial charge is 0.381 e. The lowest BCUT2D eigenvalue weighted by Gasteiger charge is -2.39. The number of likely N-dealkylation sites (tertiary alicyclic amines) is 1. The van der Waals surface area contributed by atoms with E-state index < -0.39 is 0 Å². The van der Waals surface area contributed by atoms with Crippen molar-refractivity contribution in [3.8, 4) is 11.4 Å². The van der Waals surface area contributed by atoms with E-state index >= 15 is 0 Å². The first-order valence-electron chi connectivity index (χ1n) is 10.0. The first-order valence-corrected chi connectivity index (χ1v) is 10.0. The second-order valence-corrected chi connectivity index (χ2v) is 7.59. The van der Waals surface area contributed by atoms with Crippen molar-refractivity contribution in [2.45, 2.75) is 44.4 Å². The molecule has 0 atom stereocenters. The van der Waals surface area contributed by atoms with E-state index in [1.807, 2.05) is 24.0 Å². The Kier molecular flexibility index (Phi) is 5.26. The third kappa shape index (κ3) is 3.46. The summed E-state index contributed by atoms with van der Waals surface area (Å²) in [6.07, 6.45) is 7.23. The van der Waals surface area contributed by atoms with Gasteiger partial charge in [0.25, 0.3) is 5.56 Å². The van der Waals surface area contributed by atoms with Crippen LogP contribution >= 0.6 is 0 Å². The number of piperidine rings is 1. The summed E-state index contributed by atoms with van der Waals surface area (Å²) in [5.74, 6) is 0.727. The predicted molar refractivity (Wildman–Crippen MR) is 105 cm³/mol. The highest BCUT2D eigenvalue weighted by Gasteiger charge is 2.44. The van der Waals surface area contributed by atoms with Crippen molar-refractivity contribution in [3.63, 3.8) is 0 Å². The summed E-state index contributed by atoms with van der Waals surface area (Å²) in [6, 6.07) is 3.74. The van der Waals surface area contributed by atoms with Crippen LogP contribution in [0.4, 0.5) is 0 Å². The summed E-state index contributed by atoms with van der Waals surface area (Å²) in [5.41, 5.74) is 2.40. The van der Waals surface area contributed by atoms with Crippen LogP contribution < -0.4 is 5.56 Å². The van der Waals surface area contributed by atoms with Gasteiger partial charge in [0.2, 0.25) is 5.91 Å². The smallest absolute Gasteiger partial charge is 0.254 e. The molecule has 7 nitrogen and oxygen atoms in total. The Hall–Kier alpha value is -2.54. The number of rotatable bonds is 5. The van der Waals surface area contributed by atoms with Crippen LogP contribution in [0.15, 0.2) is 29.3 Å². The van der Waals surface area contributed by atoms with Crippen molar-refractivity contribution in [1.29, 1.82) is 0 Å². The second-order valence-electron chi connectivity index (χ2n) is 7.59. The van der Waals surface area contributed by atoms with E-state index in [-0.39, 0.29) is 16.9 Å². The molecule has 1 saturated heterocycles. The summed E-state index contributed by atoms with van der Waals surface area (Å²) in [6.45, 7) is 4.46. The van der Waals surface area contributed by atoms with Crippen LogP contribution in [0.25, 0.3) is 11.4 Å². The van der Waals surface area contributed by atoms with E-state index in [1.165, 1.54) is 0 Å². The summed E-state index contributed by atoms with van der Waals surface area (Å²) in [4.78, 5) is 38.9. The van der Waals surface area contributed by atoms with E-state index in [1.54, 1.807) is 12.4 Å². The SMILES string of the molecule is CCOCCC(=O)N1CCC2(CCc3c2nc(-c2cccnc2)[nH]c3=O)CC1. The number of aromatic nitrogens is 3. The quantitative estimate of drug-likeness (QED) is 0.800. The molecular weight excluding hydrogens is 356 g/mol. The molecule has 2 aromatic rings. The molecule has 2 aromatic heterocycles. The summed E-state index contributed by atoms with van der Waals surface area (Å²) < 4.78 is 5.30. The normalized spacial score (nSPS) is 17.7. The highest BCUT2D eigenvalue weighted by molar-refractivity contribution is 5.76. The molecular formula is C21H26N4O3. The van der Waals surface area contributed by atoms with Gasteiger partial charge in [-0.05, 0) is 44.7 Å². The predicted octanol–water partition coefficient (Wildman–Crippen LogP) is 2.06. The standard InChI is InChI=1S/C21H26N4O3/c1-2-28-13-6-17(26)25-11-8-21(9-12-25)7-5-16-18(21)23-19(24-20(16)27)15-4-3-10-22-14-15/h3-4,10,14H,2,5-9,11-13H2,1H3,(H,23,24,27). The van der Waals surface area contributed by atoms with Gasteiger partial charge in [0.15, 0.2) is 0 Å². The van der Waals surface area contributed by atoms with Crippen LogP contribution in [0.1, 0.15) is 43.9 Å². The van der Waals surface area contributed by atoms with Gasteiger partial charge in [-0.3, -0.25) is 14.6 Å². The highest BCUT2D eigenvalue weighted by atomic mass is 16.5. The van der Waals surface area contributed by atoms with Gasteiger partial charge in [0.1, 0.15) is 5.82 Å². The van der Waals surface area contributed by atoms with Crippen LogP contribution in [0.3, 0.4) is 0 Å². The van der Waals surface area contributed by atoms with Gasteiger partial charge in [-0.15, -0.1) is 0 Å². The van der Waals surface area contributed by atoms with Crippen LogP contribution in [0, 0.1) is 0 Å². The van der Waals surface area contributed by atoms with Crippen LogP contribution in [0.2, 0.25) is 0 Å². The average Bonchev–Trinajstić information content (AvgIpc) is 3.08. The molecule has 0 bridgehead atoms. The Morgan fingerprint density at radius 2 is 2.14 bits per heavy atom. The number of hydrogen-bond donors (Lipinski definition) is 1. The van der Waals surface area contributed by atoms with E-state index in [9.17, 15) is 9.59 Å². The lowest BCUT2D eigenvalue weighted by Crippen LogP contribution is -2.45. The maximum atomic E-state index is 12.7.